The predicted octanol–water partition coefficient (Wildman–Crippen LogP) is 4.82. The summed E-state index contributed by atoms with van der Waals surface area (Å²) in [5, 5.41) is 0.876. The Morgan fingerprint density at radius 3 is 2.47 bits per heavy atom. The number of benzene rings is 1. The molecule has 17 heavy (non-hydrogen) atoms. The third-order valence-corrected chi connectivity index (χ3v) is 5.16. The molecule has 0 aliphatic carbocycles. The van der Waals surface area contributed by atoms with Crippen molar-refractivity contribution in [3.8, 4) is 0 Å². The lowest BCUT2D eigenvalue weighted by Gasteiger charge is -2.27. The van der Waals surface area contributed by atoms with Crippen LogP contribution >= 0.6 is 27.5 Å². The lowest BCUT2D eigenvalue weighted by molar-refractivity contribution is 0.0662. The molecular weight excluding hydrogens is 300 g/mol. The second-order valence-electron chi connectivity index (χ2n) is 4.81. The molecule has 1 heterocycles. The molecule has 0 spiro atoms. The molecule has 0 amide bonds. The minimum atomic E-state index is 0.346. The summed E-state index contributed by atoms with van der Waals surface area (Å²) in [4.78, 5) is 0.346. The molecule has 1 aromatic carbocycles. The summed E-state index contributed by atoms with van der Waals surface area (Å²) in [5.41, 5.74) is 3.79. The number of hydrogen-bond donors (Lipinski definition) is 0. The predicted molar refractivity (Wildman–Crippen MR) is 76.1 cm³/mol. The van der Waals surface area contributed by atoms with Crippen LogP contribution in [-0.4, -0.2) is 13.2 Å². The molecule has 2 rings (SSSR count). The van der Waals surface area contributed by atoms with Crippen LogP contribution in [0.3, 0.4) is 0 Å². The molecule has 94 valence electrons. The van der Waals surface area contributed by atoms with Crippen molar-refractivity contribution < 1.29 is 4.74 Å². The van der Waals surface area contributed by atoms with E-state index in [2.05, 4.69) is 41.9 Å². The standard InChI is InChI=1S/C14H18BrClO/c1-9-7-12(13(16)8-10(9)2)14(15)11-3-5-17-6-4-11/h7-8,11,14H,3-6H2,1-2H3. The Labute approximate surface area is 117 Å². The first kappa shape index (κ1) is 13.4. The van der Waals surface area contributed by atoms with E-state index in [-0.39, 0.29) is 0 Å². The topological polar surface area (TPSA) is 9.23 Å². The Hall–Kier alpha value is -0.0500. The van der Waals surface area contributed by atoms with Crippen molar-refractivity contribution in [1.29, 1.82) is 0 Å². The van der Waals surface area contributed by atoms with Crippen LogP contribution in [0.25, 0.3) is 0 Å². The van der Waals surface area contributed by atoms with Gasteiger partial charge in [-0.15, -0.1) is 0 Å². The molecule has 0 N–H and O–H groups in total. The van der Waals surface area contributed by atoms with Crippen molar-refractivity contribution in [1.82, 2.24) is 0 Å². The van der Waals surface area contributed by atoms with E-state index >= 15 is 0 Å². The van der Waals surface area contributed by atoms with Gasteiger partial charge < -0.3 is 4.74 Å². The van der Waals surface area contributed by atoms with E-state index in [1.807, 2.05) is 0 Å². The van der Waals surface area contributed by atoms with Gasteiger partial charge in [-0.1, -0.05) is 33.6 Å². The van der Waals surface area contributed by atoms with E-state index in [9.17, 15) is 0 Å². The number of halogens is 2. The van der Waals surface area contributed by atoms with Gasteiger partial charge in [-0.25, -0.2) is 0 Å². The van der Waals surface area contributed by atoms with Gasteiger partial charge in [0.1, 0.15) is 0 Å². The molecule has 0 bridgehead atoms. The SMILES string of the molecule is Cc1cc(Cl)c(C(Br)C2CCOCC2)cc1C. The Kier molecular flexibility index (Phi) is 4.51. The van der Waals surface area contributed by atoms with Crippen molar-refractivity contribution in [2.75, 3.05) is 13.2 Å². The van der Waals surface area contributed by atoms with Gasteiger partial charge in [-0.3, -0.25) is 0 Å². The van der Waals surface area contributed by atoms with Gasteiger partial charge in [0, 0.05) is 23.1 Å². The first-order valence-electron chi connectivity index (χ1n) is 6.08. The van der Waals surface area contributed by atoms with Crippen LogP contribution in [-0.2, 0) is 4.74 Å². The summed E-state index contributed by atoms with van der Waals surface area (Å²) in [6, 6.07) is 4.28. The minimum absolute atomic E-state index is 0.346. The zero-order valence-electron chi connectivity index (χ0n) is 10.3. The Morgan fingerprint density at radius 2 is 1.82 bits per heavy atom. The smallest absolute Gasteiger partial charge is 0.0469 e. The third-order valence-electron chi connectivity index (χ3n) is 3.59. The van der Waals surface area contributed by atoms with Crippen LogP contribution < -0.4 is 0 Å². The minimum Gasteiger partial charge on any atom is -0.381 e. The van der Waals surface area contributed by atoms with E-state index in [4.69, 9.17) is 16.3 Å². The van der Waals surface area contributed by atoms with Crippen LogP contribution in [0.15, 0.2) is 12.1 Å². The zero-order chi connectivity index (χ0) is 12.4. The fourth-order valence-electron chi connectivity index (χ4n) is 2.28. The largest absolute Gasteiger partial charge is 0.381 e. The quantitative estimate of drug-likeness (QED) is 0.711. The second kappa shape index (κ2) is 5.73. The number of hydrogen-bond acceptors (Lipinski definition) is 1. The van der Waals surface area contributed by atoms with Crippen LogP contribution in [0, 0.1) is 19.8 Å². The summed E-state index contributed by atoms with van der Waals surface area (Å²) in [6.07, 6.45) is 2.22. The van der Waals surface area contributed by atoms with Crippen LogP contribution in [0.4, 0.5) is 0 Å². The van der Waals surface area contributed by atoms with Gasteiger partial charge in [0.25, 0.3) is 0 Å². The van der Waals surface area contributed by atoms with Gasteiger partial charge in [-0.05, 0) is 55.4 Å². The number of rotatable bonds is 2. The molecule has 0 saturated carbocycles. The zero-order valence-corrected chi connectivity index (χ0v) is 12.6. The molecular formula is C14H18BrClO. The molecule has 3 heteroatoms. The van der Waals surface area contributed by atoms with E-state index in [1.54, 1.807) is 0 Å². The number of ether oxygens (including phenoxy) is 1. The molecule has 1 fully saturated rings. The van der Waals surface area contributed by atoms with Crippen molar-refractivity contribution in [2.24, 2.45) is 5.92 Å². The molecule has 1 unspecified atom stereocenters. The highest BCUT2D eigenvalue weighted by Crippen LogP contribution is 2.40. The van der Waals surface area contributed by atoms with Crippen LogP contribution in [0.2, 0.25) is 5.02 Å². The summed E-state index contributed by atoms with van der Waals surface area (Å²) < 4.78 is 5.41. The van der Waals surface area contributed by atoms with E-state index in [0.29, 0.717) is 10.7 Å². The van der Waals surface area contributed by atoms with Crippen molar-refractivity contribution in [3.05, 3.63) is 33.8 Å². The summed E-state index contributed by atoms with van der Waals surface area (Å²) in [5.74, 6) is 0.628. The maximum absolute atomic E-state index is 6.35. The summed E-state index contributed by atoms with van der Waals surface area (Å²) in [6.45, 7) is 5.98. The Balaban J connectivity index is 2.23. The highest BCUT2D eigenvalue weighted by Gasteiger charge is 2.25. The Bertz CT molecular complexity index is 399. The molecule has 1 aliphatic rings. The molecule has 1 aromatic rings. The second-order valence-corrected chi connectivity index (χ2v) is 6.20. The third kappa shape index (κ3) is 3.04. The fraction of sp³-hybridized carbons (Fsp3) is 0.571. The first-order valence-corrected chi connectivity index (χ1v) is 7.37. The van der Waals surface area contributed by atoms with Gasteiger partial charge in [0.15, 0.2) is 0 Å². The van der Waals surface area contributed by atoms with Crippen LogP contribution in [0.5, 0.6) is 0 Å². The van der Waals surface area contributed by atoms with E-state index in [1.165, 1.54) is 16.7 Å². The summed E-state index contributed by atoms with van der Waals surface area (Å²) in [7, 11) is 0. The molecule has 0 radical (unpaired) electrons. The highest BCUT2D eigenvalue weighted by molar-refractivity contribution is 9.09. The number of aryl methyl sites for hydroxylation is 2. The summed E-state index contributed by atoms with van der Waals surface area (Å²) >= 11 is 10.2. The van der Waals surface area contributed by atoms with Crippen molar-refractivity contribution >= 4 is 27.5 Å². The first-order chi connectivity index (χ1) is 8.09. The molecule has 1 aliphatic heterocycles. The van der Waals surface area contributed by atoms with Gasteiger partial charge in [0.2, 0.25) is 0 Å². The molecule has 1 nitrogen and oxygen atoms in total. The molecule has 1 atom stereocenters. The molecule has 0 aromatic heterocycles. The van der Waals surface area contributed by atoms with E-state index in [0.717, 1.165) is 31.1 Å². The fourth-order valence-corrected chi connectivity index (χ4v) is 3.65. The van der Waals surface area contributed by atoms with Crippen molar-refractivity contribution in [2.45, 2.75) is 31.5 Å². The van der Waals surface area contributed by atoms with E-state index < -0.39 is 0 Å². The van der Waals surface area contributed by atoms with Gasteiger partial charge in [-0.2, -0.15) is 0 Å². The maximum atomic E-state index is 6.35. The average Bonchev–Trinajstić information content (AvgIpc) is 2.34. The number of alkyl halides is 1. The van der Waals surface area contributed by atoms with Gasteiger partial charge in [0.05, 0.1) is 0 Å². The van der Waals surface area contributed by atoms with Crippen molar-refractivity contribution in [3.63, 3.8) is 0 Å². The maximum Gasteiger partial charge on any atom is 0.0469 e. The lowest BCUT2D eigenvalue weighted by atomic mass is 9.91. The monoisotopic (exact) mass is 316 g/mol. The molecule has 1 saturated heterocycles. The Morgan fingerprint density at radius 1 is 1.24 bits per heavy atom. The van der Waals surface area contributed by atoms with Crippen LogP contribution in [0.1, 0.15) is 34.4 Å². The van der Waals surface area contributed by atoms with Gasteiger partial charge >= 0.3 is 0 Å². The average molecular weight is 318 g/mol. The highest BCUT2D eigenvalue weighted by atomic mass is 79.9. The lowest BCUT2D eigenvalue weighted by Crippen LogP contribution is -2.19. The normalized spacial score (nSPS) is 19.3.